The van der Waals surface area contributed by atoms with E-state index in [0.29, 0.717) is 16.6 Å². The van der Waals surface area contributed by atoms with Crippen molar-refractivity contribution in [2.24, 2.45) is 0 Å². The highest BCUT2D eigenvalue weighted by atomic mass is 79.9. The minimum absolute atomic E-state index is 0.535. The lowest BCUT2D eigenvalue weighted by atomic mass is 10.2. The number of methoxy groups -OCH3 is 1. The summed E-state index contributed by atoms with van der Waals surface area (Å²) in [5.41, 5.74) is 0.838. The van der Waals surface area contributed by atoms with Crippen LogP contribution in [0.4, 0.5) is 5.82 Å². The van der Waals surface area contributed by atoms with Gasteiger partial charge in [-0.3, -0.25) is 0 Å². The Morgan fingerprint density at radius 3 is 2.78 bits per heavy atom. The van der Waals surface area contributed by atoms with E-state index in [1.807, 2.05) is 6.07 Å². The zero-order valence-electron chi connectivity index (χ0n) is 9.87. The molecule has 2 rings (SSSR count). The van der Waals surface area contributed by atoms with Crippen molar-refractivity contribution in [2.75, 3.05) is 19.5 Å². The number of halogens is 2. The lowest BCUT2D eigenvalue weighted by molar-refractivity contribution is 0.415. The molecular formula is C12H11BrClN3O. The van der Waals surface area contributed by atoms with Gasteiger partial charge in [0.1, 0.15) is 11.6 Å². The number of rotatable bonds is 3. The Labute approximate surface area is 118 Å². The molecule has 0 saturated heterocycles. The maximum atomic E-state index is 6.08. The molecule has 94 valence electrons. The summed E-state index contributed by atoms with van der Waals surface area (Å²) >= 11 is 9.45. The van der Waals surface area contributed by atoms with E-state index in [9.17, 15) is 0 Å². The van der Waals surface area contributed by atoms with E-state index in [2.05, 4.69) is 31.2 Å². The number of benzene rings is 1. The van der Waals surface area contributed by atoms with E-state index in [1.165, 1.54) is 0 Å². The molecule has 0 aliphatic carbocycles. The summed E-state index contributed by atoms with van der Waals surface area (Å²) < 4.78 is 5.92. The Bertz CT molecular complexity index is 577. The van der Waals surface area contributed by atoms with Crippen molar-refractivity contribution in [1.29, 1.82) is 0 Å². The van der Waals surface area contributed by atoms with Crippen molar-refractivity contribution >= 4 is 33.3 Å². The predicted octanol–water partition coefficient (Wildman–Crippen LogP) is 3.61. The van der Waals surface area contributed by atoms with E-state index in [-0.39, 0.29) is 0 Å². The molecule has 0 aliphatic rings. The fourth-order valence-corrected chi connectivity index (χ4v) is 2.13. The van der Waals surface area contributed by atoms with E-state index < -0.39 is 0 Å². The second-order valence-corrected chi connectivity index (χ2v) is 4.75. The van der Waals surface area contributed by atoms with Gasteiger partial charge in [-0.1, -0.05) is 11.6 Å². The SMILES string of the molecule is CNc1nc(-c2ccc(OC)c(Cl)c2)ncc1Br. The first-order valence-electron chi connectivity index (χ1n) is 5.20. The van der Waals surface area contributed by atoms with Crippen LogP contribution in [-0.4, -0.2) is 24.1 Å². The summed E-state index contributed by atoms with van der Waals surface area (Å²) in [4.78, 5) is 8.65. The Hall–Kier alpha value is -1.33. The molecule has 1 aromatic heterocycles. The average molecular weight is 329 g/mol. The largest absolute Gasteiger partial charge is 0.495 e. The monoisotopic (exact) mass is 327 g/mol. The number of aromatic nitrogens is 2. The molecule has 0 atom stereocenters. The van der Waals surface area contributed by atoms with Crippen LogP contribution in [0.25, 0.3) is 11.4 Å². The summed E-state index contributed by atoms with van der Waals surface area (Å²) in [5, 5.41) is 3.52. The molecule has 0 radical (unpaired) electrons. The fraction of sp³-hybridized carbons (Fsp3) is 0.167. The van der Waals surface area contributed by atoms with Gasteiger partial charge in [-0.05, 0) is 34.1 Å². The van der Waals surface area contributed by atoms with Gasteiger partial charge in [-0.15, -0.1) is 0 Å². The highest BCUT2D eigenvalue weighted by Gasteiger charge is 2.08. The molecule has 0 fully saturated rings. The van der Waals surface area contributed by atoms with Crippen molar-refractivity contribution in [2.45, 2.75) is 0 Å². The number of anilines is 1. The third kappa shape index (κ3) is 2.57. The first-order chi connectivity index (χ1) is 8.65. The van der Waals surface area contributed by atoms with Crippen molar-refractivity contribution in [1.82, 2.24) is 9.97 Å². The van der Waals surface area contributed by atoms with E-state index >= 15 is 0 Å². The van der Waals surface area contributed by atoms with Gasteiger partial charge in [0.05, 0.1) is 16.6 Å². The second-order valence-electron chi connectivity index (χ2n) is 3.49. The Balaban J connectivity index is 2.45. The second kappa shape index (κ2) is 5.54. The average Bonchev–Trinajstić information content (AvgIpc) is 2.39. The van der Waals surface area contributed by atoms with Gasteiger partial charge in [-0.25, -0.2) is 9.97 Å². The van der Waals surface area contributed by atoms with Gasteiger partial charge < -0.3 is 10.1 Å². The van der Waals surface area contributed by atoms with E-state index in [1.54, 1.807) is 32.5 Å². The van der Waals surface area contributed by atoms with Crippen LogP contribution in [-0.2, 0) is 0 Å². The molecule has 6 heteroatoms. The molecular weight excluding hydrogens is 318 g/mol. The minimum atomic E-state index is 0.535. The van der Waals surface area contributed by atoms with Gasteiger partial charge in [0.2, 0.25) is 0 Å². The maximum Gasteiger partial charge on any atom is 0.161 e. The molecule has 1 aromatic carbocycles. The smallest absolute Gasteiger partial charge is 0.161 e. The molecule has 0 spiro atoms. The molecule has 1 N–H and O–H groups in total. The number of hydrogen-bond donors (Lipinski definition) is 1. The van der Waals surface area contributed by atoms with Gasteiger partial charge >= 0.3 is 0 Å². The minimum Gasteiger partial charge on any atom is -0.495 e. The van der Waals surface area contributed by atoms with E-state index in [4.69, 9.17) is 16.3 Å². The van der Waals surface area contributed by atoms with Crippen LogP contribution in [0.5, 0.6) is 5.75 Å². The summed E-state index contributed by atoms with van der Waals surface area (Å²) in [6.45, 7) is 0. The number of nitrogens with zero attached hydrogens (tertiary/aromatic N) is 2. The van der Waals surface area contributed by atoms with Crippen LogP contribution < -0.4 is 10.1 Å². The van der Waals surface area contributed by atoms with Gasteiger partial charge in [-0.2, -0.15) is 0 Å². The lowest BCUT2D eigenvalue weighted by Gasteiger charge is -2.07. The zero-order valence-corrected chi connectivity index (χ0v) is 12.2. The first kappa shape index (κ1) is 13.1. The lowest BCUT2D eigenvalue weighted by Crippen LogP contribution is -1.97. The topological polar surface area (TPSA) is 47.0 Å². The van der Waals surface area contributed by atoms with Crippen LogP contribution >= 0.6 is 27.5 Å². The third-order valence-electron chi connectivity index (χ3n) is 2.39. The molecule has 18 heavy (non-hydrogen) atoms. The standard InChI is InChI=1S/C12H11BrClN3O/c1-15-12-8(13)6-16-11(17-12)7-3-4-10(18-2)9(14)5-7/h3-6H,1-2H3,(H,15,16,17). The summed E-state index contributed by atoms with van der Waals surface area (Å²) in [5.74, 6) is 1.96. The van der Waals surface area contributed by atoms with Crippen LogP contribution in [0.15, 0.2) is 28.9 Å². The molecule has 0 saturated carbocycles. The first-order valence-corrected chi connectivity index (χ1v) is 6.37. The van der Waals surface area contributed by atoms with Gasteiger partial charge in [0, 0.05) is 18.8 Å². The summed E-state index contributed by atoms with van der Waals surface area (Å²) in [6, 6.07) is 5.44. The Morgan fingerprint density at radius 2 is 2.17 bits per heavy atom. The molecule has 2 aromatic rings. The zero-order chi connectivity index (χ0) is 13.1. The van der Waals surface area contributed by atoms with Crippen LogP contribution in [0.3, 0.4) is 0 Å². The quantitative estimate of drug-likeness (QED) is 0.935. The Kier molecular flexibility index (Phi) is 4.04. The third-order valence-corrected chi connectivity index (χ3v) is 3.27. The van der Waals surface area contributed by atoms with E-state index in [0.717, 1.165) is 15.9 Å². The van der Waals surface area contributed by atoms with Crippen molar-refractivity contribution in [3.8, 4) is 17.1 Å². The summed E-state index contributed by atoms with van der Waals surface area (Å²) in [7, 11) is 3.38. The van der Waals surface area contributed by atoms with Crippen molar-refractivity contribution in [3.63, 3.8) is 0 Å². The van der Waals surface area contributed by atoms with Gasteiger partial charge in [0.25, 0.3) is 0 Å². The highest BCUT2D eigenvalue weighted by Crippen LogP contribution is 2.30. The molecule has 0 amide bonds. The number of hydrogen-bond acceptors (Lipinski definition) is 4. The highest BCUT2D eigenvalue weighted by molar-refractivity contribution is 9.10. The normalized spacial score (nSPS) is 10.2. The molecule has 0 aliphatic heterocycles. The van der Waals surface area contributed by atoms with Crippen LogP contribution in [0, 0.1) is 0 Å². The van der Waals surface area contributed by atoms with Crippen LogP contribution in [0.1, 0.15) is 0 Å². The Morgan fingerprint density at radius 1 is 1.39 bits per heavy atom. The molecule has 1 heterocycles. The molecule has 0 bridgehead atoms. The molecule has 0 unspecified atom stereocenters. The van der Waals surface area contributed by atoms with Gasteiger partial charge in [0.15, 0.2) is 5.82 Å². The predicted molar refractivity (Wildman–Crippen MR) is 76.3 cm³/mol. The molecule has 4 nitrogen and oxygen atoms in total. The fourth-order valence-electron chi connectivity index (χ4n) is 1.49. The maximum absolute atomic E-state index is 6.08. The van der Waals surface area contributed by atoms with Crippen molar-refractivity contribution in [3.05, 3.63) is 33.9 Å². The van der Waals surface area contributed by atoms with Crippen LogP contribution in [0.2, 0.25) is 5.02 Å². The summed E-state index contributed by atoms with van der Waals surface area (Å²) in [6.07, 6.45) is 1.70. The van der Waals surface area contributed by atoms with Crippen molar-refractivity contribution < 1.29 is 4.74 Å². The number of ether oxygens (including phenoxy) is 1. The number of nitrogens with one attached hydrogen (secondary N) is 1.